The number of rotatable bonds is 6. The molecule has 2 saturated heterocycles. The average molecular weight is 455 g/mol. The second-order valence-corrected chi connectivity index (χ2v) is 8.39. The molecule has 0 aliphatic carbocycles. The van der Waals surface area contributed by atoms with E-state index in [-0.39, 0.29) is 11.3 Å². The molecule has 2 aliphatic heterocycles. The molecule has 1 amide bonds. The summed E-state index contributed by atoms with van der Waals surface area (Å²) in [4.78, 5) is 30.2. The lowest BCUT2D eigenvalue weighted by atomic mass is 9.94. The second-order valence-electron chi connectivity index (χ2n) is 8.39. The van der Waals surface area contributed by atoms with Crippen LogP contribution in [0.5, 0.6) is 5.75 Å². The van der Waals surface area contributed by atoms with Crippen LogP contribution >= 0.6 is 0 Å². The third-order valence-corrected chi connectivity index (χ3v) is 6.46. The van der Waals surface area contributed by atoms with Gasteiger partial charge in [0.1, 0.15) is 11.5 Å². The van der Waals surface area contributed by atoms with Gasteiger partial charge >= 0.3 is 0 Å². The fraction of sp³-hybridized carbons (Fsp3) is 0.458. The van der Waals surface area contributed by atoms with Crippen molar-refractivity contribution < 1.29 is 24.2 Å². The van der Waals surface area contributed by atoms with Crippen molar-refractivity contribution in [1.29, 1.82) is 0 Å². The first-order valence-corrected chi connectivity index (χ1v) is 11.1. The summed E-state index contributed by atoms with van der Waals surface area (Å²) in [6.45, 7) is 7.43. The van der Waals surface area contributed by atoms with E-state index in [0.29, 0.717) is 54.6 Å². The zero-order valence-electron chi connectivity index (χ0n) is 19.5. The number of ether oxygens (including phenoxy) is 2. The van der Waals surface area contributed by atoms with Crippen molar-refractivity contribution in [3.05, 3.63) is 52.4 Å². The summed E-state index contributed by atoms with van der Waals surface area (Å²) in [5.41, 5.74) is 2.58. The number of Topliss-reactive ketones (excluding diaryl/α,β-unsaturated/α-hetero) is 1. The van der Waals surface area contributed by atoms with Crippen LogP contribution < -0.4 is 4.74 Å². The van der Waals surface area contributed by atoms with E-state index in [1.807, 2.05) is 19.1 Å². The van der Waals surface area contributed by atoms with Gasteiger partial charge in [0.25, 0.3) is 11.7 Å². The average Bonchev–Trinajstić information content (AvgIpc) is 3.23. The molecule has 1 aromatic carbocycles. The molecule has 1 unspecified atom stereocenters. The number of benzene rings is 1. The van der Waals surface area contributed by atoms with Gasteiger partial charge in [-0.3, -0.25) is 19.2 Å². The van der Waals surface area contributed by atoms with E-state index in [0.717, 1.165) is 13.1 Å². The summed E-state index contributed by atoms with van der Waals surface area (Å²) in [6, 6.07) is 6.54. The number of morpholine rings is 1. The van der Waals surface area contributed by atoms with Crippen LogP contribution in [0.4, 0.5) is 0 Å². The van der Waals surface area contributed by atoms with Gasteiger partial charge in [0, 0.05) is 38.9 Å². The third kappa shape index (κ3) is 4.26. The molecule has 33 heavy (non-hydrogen) atoms. The van der Waals surface area contributed by atoms with Crippen molar-refractivity contribution in [2.75, 3.05) is 46.5 Å². The highest BCUT2D eigenvalue weighted by Gasteiger charge is 2.46. The number of hydrogen-bond acceptors (Lipinski definition) is 7. The molecule has 0 spiro atoms. The number of aryl methyl sites for hydroxylation is 2. The minimum Gasteiger partial charge on any atom is -0.507 e. The van der Waals surface area contributed by atoms with E-state index in [1.54, 1.807) is 42.8 Å². The predicted molar refractivity (Wildman–Crippen MR) is 122 cm³/mol. The standard InChI is InChI=1S/C24H30N4O5/c1-15-19(16(2)26(3)25-15)22(29)20-21(17-6-5-7-18(14-17)32-4)28(24(31)23(20)30)9-8-27-10-12-33-13-11-27/h5-7,14,21,29H,8-13H2,1-4H3. The van der Waals surface area contributed by atoms with Crippen LogP contribution in [0.2, 0.25) is 0 Å². The zero-order valence-corrected chi connectivity index (χ0v) is 19.5. The normalized spacial score (nSPS) is 21.1. The van der Waals surface area contributed by atoms with E-state index in [2.05, 4.69) is 10.00 Å². The van der Waals surface area contributed by atoms with E-state index < -0.39 is 17.7 Å². The highest BCUT2D eigenvalue weighted by Crippen LogP contribution is 2.41. The quantitative estimate of drug-likeness (QED) is 0.404. The number of carbonyl (C=O) groups is 2. The lowest BCUT2D eigenvalue weighted by Crippen LogP contribution is -2.42. The second kappa shape index (κ2) is 9.36. The summed E-state index contributed by atoms with van der Waals surface area (Å²) in [5, 5.41) is 15.7. The Labute approximate surface area is 193 Å². The number of hydrogen-bond donors (Lipinski definition) is 1. The summed E-state index contributed by atoms with van der Waals surface area (Å²) < 4.78 is 12.4. The van der Waals surface area contributed by atoms with Gasteiger partial charge in [0.05, 0.1) is 43.2 Å². The van der Waals surface area contributed by atoms with E-state index in [1.165, 1.54) is 0 Å². The Hall–Kier alpha value is -3.17. The molecular formula is C24H30N4O5. The third-order valence-electron chi connectivity index (χ3n) is 6.46. The number of aromatic nitrogens is 2. The van der Waals surface area contributed by atoms with Gasteiger partial charge in [-0.25, -0.2) is 0 Å². The summed E-state index contributed by atoms with van der Waals surface area (Å²) in [7, 11) is 3.34. The number of aliphatic hydroxyl groups is 1. The maximum atomic E-state index is 13.2. The maximum Gasteiger partial charge on any atom is 0.295 e. The molecule has 9 nitrogen and oxygen atoms in total. The Bertz CT molecular complexity index is 1100. The zero-order chi connectivity index (χ0) is 23.7. The number of methoxy groups -OCH3 is 1. The van der Waals surface area contributed by atoms with E-state index >= 15 is 0 Å². The Morgan fingerprint density at radius 2 is 1.94 bits per heavy atom. The van der Waals surface area contributed by atoms with Crippen LogP contribution in [0.3, 0.4) is 0 Å². The Morgan fingerprint density at radius 1 is 1.21 bits per heavy atom. The van der Waals surface area contributed by atoms with Gasteiger partial charge < -0.3 is 19.5 Å². The molecule has 0 saturated carbocycles. The lowest BCUT2D eigenvalue weighted by molar-refractivity contribution is -0.140. The van der Waals surface area contributed by atoms with Crippen LogP contribution in [0, 0.1) is 13.8 Å². The van der Waals surface area contributed by atoms with Crippen molar-refractivity contribution in [3.8, 4) is 5.75 Å². The first-order chi connectivity index (χ1) is 15.8. The summed E-state index contributed by atoms with van der Waals surface area (Å²) in [6.07, 6.45) is 0. The Kier molecular flexibility index (Phi) is 6.53. The van der Waals surface area contributed by atoms with Crippen LogP contribution in [0.15, 0.2) is 29.8 Å². The first kappa shape index (κ1) is 23.0. The maximum absolute atomic E-state index is 13.2. The molecule has 176 valence electrons. The van der Waals surface area contributed by atoms with E-state index in [4.69, 9.17) is 9.47 Å². The SMILES string of the molecule is COc1cccc(C2C(=C(O)c3c(C)nn(C)c3C)C(=O)C(=O)N2CCN2CCOCC2)c1. The van der Waals surface area contributed by atoms with Gasteiger partial charge in [-0.1, -0.05) is 12.1 Å². The first-order valence-electron chi connectivity index (χ1n) is 11.1. The van der Waals surface area contributed by atoms with Gasteiger partial charge in [-0.15, -0.1) is 0 Å². The topological polar surface area (TPSA) is 97.1 Å². The molecule has 1 aromatic heterocycles. The number of amides is 1. The molecule has 9 heteroatoms. The van der Waals surface area contributed by atoms with Crippen molar-refractivity contribution in [1.82, 2.24) is 19.6 Å². The minimum absolute atomic E-state index is 0.0782. The Morgan fingerprint density at radius 3 is 2.58 bits per heavy atom. The van der Waals surface area contributed by atoms with Gasteiger partial charge in [-0.05, 0) is 31.5 Å². The van der Waals surface area contributed by atoms with Crippen LogP contribution in [-0.4, -0.2) is 82.9 Å². The number of likely N-dealkylation sites (tertiary alicyclic amines) is 1. The number of ketones is 1. The lowest BCUT2D eigenvalue weighted by Gasteiger charge is -2.31. The molecule has 2 aliphatic rings. The van der Waals surface area contributed by atoms with Gasteiger partial charge in [0.15, 0.2) is 0 Å². The molecule has 0 bridgehead atoms. The smallest absolute Gasteiger partial charge is 0.295 e. The molecule has 1 atom stereocenters. The molecule has 2 aromatic rings. The molecule has 2 fully saturated rings. The highest BCUT2D eigenvalue weighted by atomic mass is 16.5. The minimum atomic E-state index is -0.722. The summed E-state index contributed by atoms with van der Waals surface area (Å²) in [5.74, 6) is -0.889. The van der Waals surface area contributed by atoms with Crippen LogP contribution in [0.1, 0.15) is 28.6 Å². The van der Waals surface area contributed by atoms with Gasteiger partial charge in [-0.2, -0.15) is 5.10 Å². The van der Waals surface area contributed by atoms with Crippen molar-refractivity contribution >= 4 is 17.4 Å². The molecule has 0 radical (unpaired) electrons. The Balaban J connectivity index is 1.79. The largest absolute Gasteiger partial charge is 0.507 e. The van der Waals surface area contributed by atoms with Crippen LogP contribution in [0.25, 0.3) is 5.76 Å². The molecule has 1 N–H and O–H groups in total. The molecule has 3 heterocycles. The number of nitrogens with zero attached hydrogens (tertiary/aromatic N) is 4. The predicted octanol–water partition coefficient (Wildman–Crippen LogP) is 1.80. The fourth-order valence-corrected chi connectivity index (χ4v) is 4.59. The summed E-state index contributed by atoms with van der Waals surface area (Å²) >= 11 is 0. The number of aliphatic hydroxyl groups excluding tert-OH is 1. The highest BCUT2D eigenvalue weighted by molar-refractivity contribution is 6.46. The van der Waals surface area contributed by atoms with Crippen molar-refractivity contribution in [2.24, 2.45) is 7.05 Å². The fourth-order valence-electron chi connectivity index (χ4n) is 4.59. The molecule has 4 rings (SSSR count). The van der Waals surface area contributed by atoms with Gasteiger partial charge in [0.2, 0.25) is 0 Å². The van der Waals surface area contributed by atoms with Crippen molar-refractivity contribution in [2.45, 2.75) is 19.9 Å². The van der Waals surface area contributed by atoms with E-state index in [9.17, 15) is 14.7 Å². The number of carbonyl (C=O) groups excluding carboxylic acids is 2. The molecular weight excluding hydrogens is 424 g/mol. The van der Waals surface area contributed by atoms with Crippen LogP contribution in [-0.2, 0) is 21.4 Å². The monoisotopic (exact) mass is 454 g/mol. The van der Waals surface area contributed by atoms with Crippen molar-refractivity contribution in [3.63, 3.8) is 0 Å².